The first-order chi connectivity index (χ1) is 13.2. The summed E-state index contributed by atoms with van der Waals surface area (Å²) in [7, 11) is 0. The van der Waals surface area contributed by atoms with E-state index in [-0.39, 0.29) is 12.2 Å². The number of ether oxygens (including phenoxy) is 2. The van der Waals surface area contributed by atoms with Gasteiger partial charge in [-0.2, -0.15) is 0 Å². The monoisotopic (exact) mass is 378 g/mol. The van der Waals surface area contributed by atoms with E-state index in [4.69, 9.17) is 19.0 Å². The van der Waals surface area contributed by atoms with E-state index in [1.807, 2.05) is 0 Å². The summed E-state index contributed by atoms with van der Waals surface area (Å²) in [6, 6.07) is 2.05. The van der Waals surface area contributed by atoms with E-state index in [0.717, 1.165) is 69.3 Å². The Balaban J connectivity index is 1.63. The molecule has 0 saturated carbocycles. The van der Waals surface area contributed by atoms with Crippen molar-refractivity contribution in [3.63, 3.8) is 0 Å². The maximum atomic E-state index is 5.96. The predicted molar refractivity (Wildman–Crippen MR) is 105 cm³/mol. The number of aliphatic imine (C=N–C) groups is 1. The molecule has 0 aliphatic carbocycles. The highest BCUT2D eigenvalue weighted by Crippen LogP contribution is 2.23. The maximum Gasteiger partial charge on any atom is 0.194 e. The van der Waals surface area contributed by atoms with Crippen molar-refractivity contribution < 1.29 is 14.0 Å². The van der Waals surface area contributed by atoms with Gasteiger partial charge in [-0.05, 0) is 32.6 Å². The third kappa shape index (κ3) is 5.23. The number of guanidine groups is 1. The molecule has 0 radical (unpaired) electrons. The van der Waals surface area contributed by atoms with Gasteiger partial charge in [0, 0.05) is 38.2 Å². The molecule has 1 aromatic rings. The van der Waals surface area contributed by atoms with Crippen molar-refractivity contribution in [3.8, 4) is 0 Å². The fourth-order valence-corrected chi connectivity index (χ4v) is 3.87. The third-order valence-corrected chi connectivity index (χ3v) is 5.47. The number of hydrogen-bond acceptors (Lipinski definition) is 5. The molecule has 3 rings (SSSR count). The first-order valence-corrected chi connectivity index (χ1v) is 10.5. The van der Waals surface area contributed by atoms with Crippen molar-refractivity contribution in [1.82, 2.24) is 15.4 Å². The van der Waals surface area contributed by atoms with Crippen LogP contribution in [-0.4, -0.2) is 61.1 Å². The number of aromatic nitrogens is 1. The molecule has 0 spiro atoms. The van der Waals surface area contributed by atoms with Crippen LogP contribution in [0.3, 0.4) is 0 Å². The number of hydrogen-bond donors (Lipinski definition) is 1. The van der Waals surface area contributed by atoms with Gasteiger partial charge in [0.2, 0.25) is 0 Å². The Labute approximate surface area is 162 Å². The SMILES string of the molecule is CCNC(=NCc1cc(C(CC)CC)no1)N1CCOC(C2CCCO2)C1. The van der Waals surface area contributed by atoms with E-state index in [9.17, 15) is 0 Å². The van der Waals surface area contributed by atoms with Crippen LogP contribution in [0.25, 0.3) is 0 Å². The zero-order valence-electron chi connectivity index (χ0n) is 16.9. The topological polar surface area (TPSA) is 72.1 Å². The van der Waals surface area contributed by atoms with E-state index in [2.05, 4.69) is 42.2 Å². The number of morpholine rings is 1. The normalized spacial score (nSPS) is 24.0. The zero-order chi connectivity index (χ0) is 19.1. The first kappa shape index (κ1) is 20.1. The maximum absolute atomic E-state index is 5.96. The number of nitrogens with one attached hydrogen (secondary N) is 1. The van der Waals surface area contributed by atoms with Gasteiger partial charge in [-0.1, -0.05) is 19.0 Å². The third-order valence-electron chi connectivity index (χ3n) is 5.47. The molecule has 27 heavy (non-hydrogen) atoms. The van der Waals surface area contributed by atoms with E-state index in [1.165, 1.54) is 0 Å². The minimum atomic E-state index is 0.122. The molecule has 2 saturated heterocycles. The van der Waals surface area contributed by atoms with Crippen LogP contribution >= 0.6 is 0 Å². The second kappa shape index (κ2) is 10.1. The predicted octanol–water partition coefficient (Wildman–Crippen LogP) is 2.92. The molecule has 1 aromatic heterocycles. The lowest BCUT2D eigenvalue weighted by Crippen LogP contribution is -2.53. The lowest BCUT2D eigenvalue weighted by molar-refractivity contribution is -0.0817. The highest BCUT2D eigenvalue weighted by Gasteiger charge is 2.32. The molecular weight excluding hydrogens is 344 g/mol. The molecule has 7 nitrogen and oxygen atoms in total. The van der Waals surface area contributed by atoms with Gasteiger partial charge in [-0.3, -0.25) is 0 Å². The van der Waals surface area contributed by atoms with Crippen LogP contribution in [0.1, 0.15) is 63.8 Å². The summed E-state index contributed by atoms with van der Waals surface area (Å²) in [5.74, 6) is 2.19. The summed E-state index contributed by atoms with van der Waals surface area (Å²) < 4.78 is 17.3. The second-order valence-electron chi connectivity index (χ2n) is 7.31. The molecule has 2 aliphatic rings. The average Bonchev–Trinajstić information content (AvgIpc) is 3.39. The molecule has 2 unspecified atom stereocenters. The smallest absolute Gasteiger partial charge is 0.194 e. The van der Waals surface area contributed by atoms with Crippen LogP contribution < -0.4 is 5.32 Å². The van der Waals surface area contributed by atoms with E-state index < -0.39 is 0 Å². The summed E-state index contributed by atoms with van der Waals surface area (Å²) in [5, 5.41) is 7.65. The Morgan fingerprint density at radius 2 is 2.07 bits per heavy atom. The van der Waals surface area contributed by atoms with Crippen LogP contribution in [-0.2, 0) is 16.0 Å². The molecule has 2 aliphatic heterocycles. The Bertz CT molecular complexity index is 594. The van der Waals surface area contributed by atoms with Crippen molar-refractivity contribution in [2.45, 2.75) is 71.1 Å². The lowest BCUT2D eigenvalue weighted by atomic mass is 9.99. The van der Waals surface area contributed by atoms with Crippen molar-refractivity contribution in [2.75, 3.05) is 32.8 Å². The highest BCUT2D eigenvalue weighted by atomic mass is 16.5. The van der Waals surface area contributed by atoms with Crippen molar-refractivity contribution >= 4 is 5.96 Å². The van der Waals surface area contributed by atoms with Gasteiger partial charge in [0.1, 0.15) is 12.6 Å². The molecule has 0 aromatic carbocycles. The van der Waals surface area contributed by atoms with Crippen molar-refractivity contribution in [2.24, 2.45) is 4.99 Å². The number of nitrogens with zero attached hydrogens (tertiary/aromatic N) is 3. The molecule has 0 bridgehead atoms. The van der Waals surface area contributed by atoms with Gasteiger partial charge >= 0.3 is 0 Å². The second-order valence-corrected chi connectivity index (χ2v) is 7.31. The van der Waals surface area contributed by atoms with Gasteiger partial charge in [0.15, 0.2) is 11.7 Å². The quantitative estimate of drug-likeness (QED) is 0.581. The summed E-state index contributed by atoms with van der Waals surface area (Å²) in [4.78, 5) is 7.07. The average molecular weight is 379 g/mol. The molecule has 2 fully saturated rings. The number of rotatable bonds is 7. The molecule has 3 heterocycles. The molecule has 1 N–H and O–H groups in total. The van der Waals surface area contributed by atoms with Gasteiger partial charge < -0.3 is 24.2 Å². The van der Waals surface area contributed by atoms with Crippen LogP contribution in [0.2, 0.25) is 0 Å². The van der Waals surface area contributed by atoms with Crippen LogP contribution in [0.5, 0.6) is 0 Å². The summed E-state index contributed by atoms with van der Waals surface area (Å²) >= 11 is 0. The van der Waals surface area contributed by atoms with Gasteiger partial charge in [0.25, 0.3) is 0 Å². The Morgan fingerprint density at radius 1 is 1.26 bits per heavy atom. The first-order valence-electron chi connectivity index (χ1n) is 10.5. The standard InChI is InChI=1S/C20H34N4O3/c1-4-15(5-2)17-12-16(27-23-17)13-22-20(21-6-3)24-9-11-26-19(14-24)18-8-7-10-25-18/h12,15,18-19H,4-11,13-14H2,1-3H3,(H,21,22). The Kier molecular flexibility index (Phi) is 7.52. The van der Waals surface area contributed by atoms with Gasteiger partial charge in [0.05, 0.1) is 18.4 Å². The van der Waals surface area contributed by atoms with E-state index >= 15 is 0 Å². The van der Waals surface area contributed by atoms with Crippen LogP contribution in [0.15, 0.2) is 15.6 Å². The molecular formula is C20H34N4O3. The summed E-state index contributed by atoms with van der Waals surface area (Å²) in [6.07, 6.45) is 4.70. The van der Waals surface area contributed by atoms with E-state index in [0.29, 0.717) is 19.1 Å². The van der Waals surface area contributed by atoms with E-state index in [1.54, 1.807) is 0 Å². The Hall–Kier alpha value is -1.60. The van der Waals surface area contributed by atoms with Crippen molar-refractivity contribution in [3.05, 3.63) is 17.5 Å². The van der Waals surface area contributed by atoms with Crippen LogP contribution in [0.4, 0.5) is 0 Å². The van der Waals surface area contributed by atoms with Gasteiger partial charge in [-0.15, -0.1) is 0 Å². The lowest BCUT2D eigenvalue weighted by Gasteiger charge is -2.37. The fourth-order valence-electron chi connectivity index (χ4n) is 3.87. The van der Waals surface area contributed by atoms with Crippen LogP contribution in [0, 0.1) is 0 Å². The molecule has 152 valence electrons. The highest BCUT2D eigenvalue weighted by molar-refractivity contribution is 5.80. The minimum absolute atomic E-state index is 0.122. The summed E-state index contributed by atoms with van der Waals surface area (Å²) in [6.45, 7) is 11.0. The van der Waals surface area contributed by atoms with Gasteiger partial charge in [-0.25, -0.2) is 4.99 Å². The minimum Gasteiger partial charge on any atom is -0.375 e. The summed E-state index contributed by atoms with van der Waals surface area (Å²) in [5.41, 5.74) is 1.04. The molecule has 7 heteroatoms. The zero-order valence-corrected chi connectivity index (χ0v) is 16.9. The van der Waals surface area contributed by atoms with Crippen molar-refractivity contribution in [1.29, 1.82) is 0 Å². The molecule has 2 atom stereocenters. The fraction of sp³-hybridized carbons (Fsp3) is 0.800. The molecule has 0 amide bonds. The largest absolute Gasteiger partial charge is 0.375 e. The Morgan fingerprint density at radius 3 is 2.78 bits per heavy atom.